The highest BCUT2D eigenvalue weighted by Crippen LogP contribution is 2.11. The molecule has 0 atom stereocenters. The first-order valence-corrected chi connectivity index (χ1v) is 4.35. The standard InChI is InChI=1S/C8H12ClN3/c1-3-4-10-8-11-5-7(9)6(2)12-8/h5H,3-4H2,1-2H3,(H,10,11,12). The highest BCUT2D eigenvalue weighted by Gasteiger charge is 1.98. The van der Waals surface area contributed by atoms with Crippen LogP contribution in [-0.2, 0) is 0 Å². The largest absolute Gasteiger partial charge is 0.354 e. The van der Waals surface area contributed by atoms with Gasteiger partial charge in [-0.05, 0) is 13.3 Å². The van der Waals surface area contributed by atoms with Gasteiger partial charge in [0.05, 0.1) is 16.9 Å². The number of hydrogen-bond donors (Lipinski definition) is 1. The highest BCUT2D eigenvalue weighted by atomic mass is 35.5. The van der Waals surface area contributed by atoms with Gasteiger partial charge < -0.3 is 5.32 Å². The smallest absolute Gasteiger partial charge is 0.222 e. The number of aromatic nitrogens is 2. The Kier molecular flexibility index (Phi) is 3.29. The highest BCUT2D eigenvalue weighted by molar-refractivity contribution is 6.31. The van der Waals surface area contributed by atoms with Crippen LogP contribution in [0.2, 0.25) is 5.02 Å². The Hall–Kier alpha value is -0.830. The van der Waals surface area contributed by atoms with Gasteiger partial charge in [-0.15, -0.1) is 0 Å². The molecular formula is C8H12ClN3. The van der Waals surface area contributed by atoms with E-state index in [-0.39, 0.29) is 0 Å². The van der Waals surface area contributed by atoms with E-state index in [1.807, 2.05) is 6.92 Å². The molecule has 0 saturated heterocycles. The Balaban J connectivity index is 2.69. The molecule has 12 heavy (non-hydrogen) atoms. The topological polar surface area (TPSA) is 37.8 Å². The molecule has 66 valence electrons. The molecule has 1 heterocycles. The van der Waals surface area contributed by atoms with E-state index >= 15 is 0 Å². The lowest BCUT2D eigenvalue weighted by molar-refractivity contribution is 0.946. The van der Waals surface area contributed by atoms with Crippen LogP contribution in [-0.4, -0.2) is 16.5 Å². The summed E-state index contributed by atoms with van der Waals surface area (Å²) < 4.78 is 0. The Morgan fingerprint density at radius 3 is 2.92 bits per heavy atom. The molecule has 1 rings (SSSR count). The first-order chi connectivity index (χ1) is 5.74. The van der Waals surface area contributed by atoms with Crippen molar-refractivity contribution >= 4 is 17.5 Å². The van der Waals surface area contributed by atoms with Crippen LogP contribution in [0.15, 0.2) is 6.20 Å². The summed E-state index contributed by atoms with van der Waals surface area (Å²) >= 11 is 5.76. The molecular weight excluding hydrogens is 174 g/mol. The zero-order valence-electron chi connectivity index (χ0n) is 7.26. The van der Waals surface area contributed by atoms with Crippen LogP contribution in [0.1, 0.15) is 19.0 Å². The van der Waals surface area contributed by atoms with Crippen LogP contribution in [0.4, 0.5) is 5.95 Å². The fraction of sp³-hybridized carbons (Fsp3) is 0.500. The number of nitrogens with one attached hydrogen (secondary N) is 1. The lowest BCUT2D eigenvalue weighted by Gasteiger charge is -2.03. The lowest BCUT2D eigenvalue weighted by Crippen LogP contribution is -2.04. The number of aryl methyl sites for hydroxylation is 1. The summed E-state index contributed by atoms with van der Waals surface area (Å²) in [6, 6.07) is 0. The van der Waals surface area contributed by atoms with E-state index < -0.39 is 0 Å². The summed E-state index contributed by atoms with van der Waals surface area (Å²) in [5.41, 5.74) is 0.810. The van der Waals surface area contributed by atoms with Crippen molar-refractivity contribution < 1.29 is 0 Å². The molecule has 4 heteroatoms. The normalized spacial score (nSPS) is 9.92. The van der Waals surface area contributed by atoms with E-state index in [0.29, 0.717) is 11.0 Å². The molecule has 0 aromatic carbocycles. The second kappa shape index (κ2) is 4.26. The predicted octanol–water partition coefficient (Wildman–Crippen LogP) is 2.26. The van der Waals surface area contributed by atoms with E-state index in [1.165, 1.54) is 0 Å². The second-order valence-electron chi connectivity index (χ2n) is 2.55. The van der Waals surface area contributed by atoms with Crippen LogP contribution in [0.5, 0.6) is 0 Å². The maximum Gasteiger partial charge on any atom is 0.222 e. The van der Waals surface area contributed by atoms with Gasteiger partial charge >= 0.3 is 0 Å². The molecule has 0 fully saturated rings. The zero-order chi connectivity index (χ0) is 8.97. The van der Waals surface area contributed by atoms with Gasteiger partial charge in [-0.3, -0.25) is 0 Å². The minimum absolute atomic E-state index is 0.608. The van der Waals surface area contributed by atoms with Crippen LogP contribution >= 0.6 is 11.6 Å². The molecule has 3 nitrogen and oxygen atoms in total. The van der Waals surface area contributed by atoms with Crippen molar-refractivity contribution in [3.63, 3.8) is 0 Å². The van der Waals surface area contributed by atoms with Gasteiger partial charge in [0.15, 0.2) is 0 Å². The third-order valence-electron chi connectivity index (χ3n) is 1.45. The number of anilines is 1. The maximum atomic E-state index is 5.76. The summed E-state index contributed by atoms with van der Waals surface area (Å²) in [6.07, 6.45) is 2.67. The number of hydrogen-bond acceptors (Lipinski definition) is 3. The van der Waals surface area contributed by atoms with E-state index in [4.69, 9.17) is 11.6 Å². The van der Waals surface area contributed by atoms with E-state index in [0.717, 1.165) is 18.7 Å². The molecule has 0 aliphatic carbocycles. The average molecular weight is 186 g/mol. The van der Waals surface area contributed by atoms with E-state index in [9.17, 15) is 0 Å². The summed E-state index contributed by atoms with van der Waals surface area (Å²) in [5, 5.41) is 3.69. The van der Waals surface area contributed by atoms with Crippen LogP contribution in [0.3, 0.4) is 0 Å². The van der Waals surface area contributed by atoms with Crippen molar-refractivity contribution in [1.82, 2.24) is 9.97 Å². The monoisotopic (exact) mass is 185 g/mol. The predicted molar refractivity (Wildman–Crippen MR) is 50.6 cm³/mol. The van der Waals surface area contributed by atoms with Crippen LogP contribution < -0.4 is 5.32 Å². The van der Waals surface area contributed by atoms with Gasteiger partial charge in [-0.25, -0.2) is 9.97 Å². The molecule has 0 unspecified atom stereocenters. The summed E-state index contributed by atoms with van der Waals surface area (Å²) in [6.45, 7) is 4.85. The third-order valence-corrected chi connectivity index (χ3v) is 1.82. The fourth-order valence-corrected chi connectivity index (χ4v) is 0.865. The number of halogens is 1. The van der Waals surface area contributed by atoms with Gasteiger partial charge in [0, 0.05) is 6.54 Å². The van der Waals surface area contributed by atoms with Crippen molar-refractivity contribution in [1.29, 1.82) is 0 Å². The minimum Gasteiger partial charge on any atom is -0.354 e. The third kappa shape index (κ3) is 2.34. The van der Waals surface area contributed by atoms with Crippen molar-refractivity contribution in [2.24, 2.45) is 0 Å². The van der Waals surface area contributed by atoms with Crippen molar-refractivity contribution in [3.05, 3.63) is 16.9 Å². The molecule has 0 aliphatic heterocycles. The molecule has 0 radical (unpaired) electrons. The van der Waals surface area contributed by atoms with Gasteiger partial charge in [0.2, 0.25) is 5.95 Å². The molecule has 0 amide bonds. The van der Waals surface area contributed by atoms with Crippen molar-refractivity contribution in [2.45, 2.75) is 20.3 Å². The zero-order valence-corrected chi connectivity index (χ0v) is 8.02. The minimum atomic E-state index is 0.608. The quantitative estimate of drug-likeness (QED) is 0.785. The molecule has 1 aromatic rings. The molecule has 0 bridgehead atoms. The Morgan fingerprint density at radius 1 is 1.58 bits per heavy atom. The fourth-order valence-electron chi connectivity index (χ4n) is 0.774. The Morgan fingerprint density at radius 2 is 2.33 bits per heavy atom. The summed E-state index contributed by atoms with van der Waals surface area (Å²) in [4.78, 5) is 8.18. The molecule has 0 aliphatic rings. The summed E-state index contributed by atoms with van der Waals surface area (Å²) in [7, 11) is 0. The lowest BCUT2D eigenvalue weighted by atomic mass is 10.4. The number of nitrogens with zero attached hydrogens (tertiary/aromatic N) is 2. The van der Waals surface area contributed by atoms with Gasteiger partial charge in [-0.2, -0.15) is 0 Å². The second-order valence-corrected chi connectivity index (χ2v) is 2.96. The van der Waals surface area contributed by atoms with Crippen molar-refractivity contribution in [2.75, 3.05) is 11.9 Å². The number of rotatable bonds is 3. The van der Waals surface area contributed by atoms with E-state index in [1.54, 1.807) is 6.20 Å². The summed E-state index contributed by atoms with van der Waals surface area (Å²) in [5.74, 6) is 0.652. The average Bonchev–Trinajstić information content (AvgIpc) is 2.07. The van der Waals surface area contributed by atoms with Gasteiger partial charge in [0.25, 0.3) is 0 Å². The van der Waals surface area contributed by atoms with Crippen LogP contribution in [0.25, 0.3) is 0 Å². The SMILES string of the molecule is CCCNc1ncc(Cl)c(C)n1. The van der Waals surface area contributed by atoms with E-state index in [2.05, 4.69) is 22.2 Å². The first kappa shape index (κ1) is 9.26. The Bertz CT molecular complexity index is 262. The molecule has 0 spiro atoms. The van der Waals surface area contributed by atoms with Gasteiger partial charge in [0.1, 0.15) is 0 Å². The van der Waals surface area contributed by atoms with Crippen LogP contribution in [0, 0.1) is 6.92 Å². The Labute approximate surface area is 77.2 Å². The van der Waals surface area contributed by atoms with Gasteiger partial charge in [-0.1, -0.05) is 18.5 Å². The molecule has 1 aromatic heterocycles. The maximum absolute atomic E-state index is 5.76. The first-order valence-electron chi connectivity index (χ1n) is 3.97. The molecule has 0 saturated carbocycles. The molecule has 1 N–H and O–H groups in total. The van der Waals surface area contributed by atoms with Crippen molar-refractivity contribution in [3.8, 4) is 0 Å².